The van der Waals surface area contributed by atoms with Crippen LogP contribution in [0.25, 0.3) is 23.1 Å². The van der Waals surface area contributed by atoms with Crippen molar-refractivity contribution < 1.29 is 19.4 Å². The van der Waals surface area contributed by atoms with Crippen LogP contribution in [0.3, 0.4) is 0 Å². The van der Waals surface area contributed by atoms with E-state index in [0.717, 1.165) is 5.56 Å². The van der Waals surface area contributed by atoms with Crippen molar-refractivity contribution in [1.29, 1.82) is 0 Å². The molecule has 2 amide bonds. The first kappa shape index (κ1) is 19.1. The zero-order chi connectivity index (χ0) is 20.1. The number of methoxy groups -OCH3 is 1. The molecule has 0 aliphatic carbocycles. The van der Waals surface area contributed by atoms with Gasteiger partial charge >= 0.3 is 0 Å². The van der Waals surface area contributed by atoms with Gasteiger partial charge in [0, 0.05) is 12.4 Å². The molecule has 1 unspecified atom stereocenters. The van der Waals surface area contributed by atoms with Gasteiger partial charge in [0.25, 0.3) is 5.91 Å². The number of H-pyrrole nitrogens is 1. The van der Waals surface area contributed by atoms with E-state index < -0.39 is 24.5 Å². The molecule has 0 spiro atoms. The lowest BCUT2D eigenvalue weighted by molar-refractivity contribution is -0.120. The smallest absolute Gasteiger partial charge is 0.255 e. The number of hydrogen-bond acceptors (Lipinski definition) is 6. The van der Waals surface area contributed by atoms with E-state index in [-0.39, 0.29) is 5.56 Å². The highest BCUT2D eigenvalue weighted by Gasteiger charge is 2.23. The van der Waals surface area contributed by atoms with Crippen LogP contribution in [0.2, 0.25) is 0 Å². The molecule has 0 radical (unpaired) electrons. The normalized spacial score (nSPS) is 12.2. The second-order valence-corrected chi connectivity index (χ2v) is 5.90. The standard InChI is InChI=1S/C19H19N5O4/c1-28-17-12(19(27)22-15(10-25)18(20)26)3-5-14-16(17)13(23-24-14)4-2-11-6-8-21-9-7-11/h2-9,15,25H,10H2,1H3,(H2,20,26)(H,22,27)(H,23,24)/b4-2+. The van der Waals surface area contributed by atoms with E-state index in [4.69, 9.17) is 10.5 Å². The number of amides is 2. The zero-order valence-electron chi connectivity index (χ0n) is 15.0. The summed E-state index contributed by atoms with van der Waals surface area (Å²) in [5.41, 5.74) is 7.55. The van der Waals surface area contributed by atoms with Gasteiger partial charge in [-0.05, 0) is 35.9 Å². The van der Waals surface area contributed by atoms with Gasteiger partial charge in [-0.1, -0.05) is 6.08 Å². The maximum Gasteiger partial charge on any atom is 0.255 e. The first-order valence-corrected chi connectivity index (χ1v) is 8.39. The molecule has 9 heteroatoms. The Morgan fingerprint density at radius 1 is 1.29 bits per heavy atom. The number of hydrogen-bond donors (Lipinski definition) is 4. The SMILES string of the molecule is COc1c(C(=O)NC(CO)C(N)=O)ccc2n[nH]c(/C=C/c3ccncc3)c12. The Labute approximate surface area is 160 Å². The summed E-state index contributed by atoms with van der Waals surface area (Å²) in [6, 6.07) is 5.70. The number of aromatic nitrogens is 3. The summed E-state index contributed by atoms with van der Waals surface area (Å²) in [5, 5.41) is 19.4. The number of nitrogens with zero attached hydrogens (tertiary/aromatic N) is 2. The van der Waals surface area contributed by atoms with Gasteiger partial charge in [0.05, 0.1) is 35.9 Å². The van der Waals surface area contributed by atoms with E-state index in [2.05, 4.69) is 20.5 Å². The molecule has 9 nitrogen and oxygen atoms in total. The number of aliphatic hydroxyl groups is 1. The van der Waals surface area contributed by atoms with Gasteiger partial charge in [0.1, 0.15) is 11.8 Å². The summed E-state index contributed by atoms with van der Waals surface area (Å²) >= 11 is 0. The quantitative estimate of drug-likeness (QED) is 0.475. The van der Waals surface area contributed by atoms with Crippen molar-refractivity contribution in [1.82, 2.24) is 20.5 Å². The van der Waals surface area contributed by atoms with Crippen LogP contribution in [0, 0.1) is 0 Å². The third-order valence-electron chi connectivity index (χ3n) is 4.13. The molecular weight excluding hydrogens is 362 g/mol. The second kappa shape index (κ2) is 8.31. The third-order valence-corrected chi connectivity index (χ3v) is 4.13. The van der Waals surface area contributed by atoms with Crippen molar-refractivity contribution in [2.75, 3.05) is 13.7 Å². The molecule has 0 saturated carbocycles. The molecule has 0 fully saturated rings. The zero-order valence-corrected chi connectivity index (χ0v) is 15.0. The molecule has 1 atom stereocenters. The molecule has 5 N–H and O–H groups in total. The van der Waals surface area contributed by atoms with Crippen molar-refractivity contribution in [3.63, 3.8) is 0 Å². The van der Waals surface area contributed by atoms with Crippen LogP contribution in [0.5, 0.6) is 5.75 Å². The minimum absolute atomic E-state index is 0.190. The van der Waals surface area contributed by atoms with Crippen LogP contribution in [0.1, 0.15) is 21.6 Å². The summed E-state index contributed by atoms with van der Waals surface area (Å²) < 4.78 is 5.46. The average molecular weight is 381 g/mol. The topological polar surface area (TPSA) is 143 Å². The highest BCUT2D eigenvalue weighted by Crippen LogP contribution is 2.32. The van der Waals surface area contributed by atoms with Gasteiger partial charge in [-0.3, -0.25) is 19.7 Å². The number of pyridine rings is 1. The second-order valence-electron chi connectivity index (χ2n) is 5.90. The first-order chi connectivity index (χ1) is 13.5. The van der Waals surface area contributed by atoms with Crippen LogP contribution >= 0.6 is 0 Å². The Morgan fingerprint density at radius 3 is 2.68 bits per heavy atom. The number of benzene rings is 1. The molecule has 2 heterocycles. The van der Waals surface area contributed by atoms with Gasteiger partial charge < -0.3 is 20.9 Å². The number of aliphatic hydroxyl groups excluding tert-OH is 1. The lowest BCUT2D eigenvalue weighted by Gasteiger charge is -2.15. The number of nitrogens with two attached hydrogens (primary N) is 1. The molecule has 2 aromatic heterocycles. The van der Waals surface area contributed by atoms with E-state index in [9.17, 15) is 14.7 Å². The fourth-order valence-electron chi connectivity index (χ4n) is 2.71. The fraction of sp³-hybridized carbons (Fsp3) is 0.158. The largest absolute Gasteiger partial charge is 0.495 e. The van der Waals surface area contributed by atoms with Crippen molar-refractivity contribution in [2.24, 2.45) is 5.73 Å². The number of fused-ring (bicyclic) bond motifs is 1. The predicted octanol–water partition coefficient (Wildman–Crippen LogP) is 0.713. The Balaban J connectivity index is 2.00. The Kier molecular flexibility index (Phi) is 5.66. The number of ether oxygens (including phenoxy) is 1. The molecule has 144 valence electrons. The summed E-state index contributed by atoms with van der Waals surface area (Å²) in [4.78, 5) is 27.8. The Morgan fingerprint density at radius 2 is 2.04 bits per heavy atom. The fourth-order valence-corrected chi connectivity index (χ4v) is 2.71. The van der Waals surface area contributed by atoms with Gasteiger partial charge in [0.15, 0.2) is 0 Å². The van der Waals surface area contributed by atoms with Gasteiger partial charge in [-0.15, -0.1) is 0 Å². The average Bonchev–Trinajstić information content (AvgIpc) is 3.13. The van der Waals surface area contributed by atoms with Crippen LogP contribution in [0.15, 0.2) is 36.7 Å². The molecule has 0 aliphatic rings. The molecule has 0 saturated heterocycles. The van der Waals surface area contributed by atoms with E-state index in [0.29, 0.717) is 22.3 Å². The third kappa shape index (κ3) is 3.84. The molecule has 0 aliphatic heterocycles. The van der Waals surface area contributed by atoms with E-state index in [1.807, 2.05) is 24.3 Å². The molecule has 28 heavy (non-hydrogen) atoms. The summed E-state index contributed by atoms with van der Waals surface area (Å²) in [5.74, 6) is -1.14. The van der Waals surface area contributed by atoms with Crippen molar-refractivity contribution in [3.05, 3.63) is 53.5 Å². The van der Waals surface area contributed by atoms with E-state index in [1.165, 1.54) is 13.2 Å². The monoisotopic (exact) mass is 381 g/mol. The number of aromatic amines is 1. The Bertz CT molecular complexity index is 1030. The molecule has 1 aromatic carbocycles. The lowest BCUT2D eigenvalue weighted by Crippen LogP contribution is -2.46. The Hall–Kier alpha value is -3.72. The summed E-state index contributed by atoms with van der Waals surface area (Å²) in [6.45, 7) is -0.600. The number of carbonyl (C=O) groups is 2. The van der Waals surface area contributed by atoms with Crippen molar-refractivity contribution in [2.45, 2.75) is 6.04 Å². The minimum atomic E-state index is -1.19. The van der Waals surface area contributed by atoms with Crippen LogP contribution in [-0.4, -0.2) is 51.9 Å². The summed E-state index contributed by atoms with van der Waals surface area (Å²) in [7, 11) is 1.44. The molecular formula is C19H19N5O4. The number of carbonyl (C=O) groups excluding carboxylic acids is 2. The van der Waals surface area contributed by atoms with Crippen LogP contribution < -0.4 is 15.8 Å². The van der Waals surface area contributed by atoms with Crippen LogP contribution in [0.4, 0.5) is 0 Å². The summed E-state index contributed by atoms with van der Waals surface area (Å²) in [6.07, 6.45) is 7.05. The molecule has 3 rings (SSSR count). The maximum atomic E-state index is 12.6. The van der Waals surface area contributed by atoms with Crippen LogP contribution in [-0.2, 0) is 4.79 Å². The minimum Gasteiger partial charge on any atom is -0.495 e. The lowest BCUT2D eigenvalue weighted by atomic mass is 10.1. The van der Waals surface area contributed by atoms with Gasteiger partial charge in [0.2, 0.25) is 5.91 Å². The number of primary amides is 1. The van der Waals surface area contributed by atoms with E-state index >= 15 is 0 Å². The highest BCUT2D eigenvalue weighted by atomic mass is 16.5. The van der Waals surface area contributed by atoms with Crippen molar-refractivity contribution in [3.8, 4) is 5.75 Å². The first-order valence-electron chi connectivity index (χ1n) is 8.39. The van der Waals surface area contributed by atoms with Crippen molar-refractivity contribution >= 4 is 34.9 Å². The molecule has 0 bridgehead atoms. The highest BCUT2D eigenvalue weighted by molar-refractivity contribution is 6.06. The number of nitrogens with one attached hydrogen (secondary N) is 2. The predicted molar refractivity (Wildman–Crippen MR) is 103 cm³/mol. The van der Waals surface area contributed by atoms with Gasteiger partial charge in [-0.25, -0.2) is 0 Å². The maximum absolute atomic E-state index is 12.6. The van der Waals surface area contributed by atoms with E-state index in [1.54, 1.807) is 18.5 Å². The number of rotatable bonds is 7. The molecule has 3 aromatic rings. The van der Waals surface area contributed by atoms with Gasteiger partial charge in [-0.2, -0.15) is 5.10 Å².